The topological polar surface area (TPSA) is 97.8 Å². The Morgan fingerprint density at radius 1 is 0.977 bits per heavy atom. The molecule has 0 aromatic heterocycles. The van der Waals surface area contributed by atoms with E-state index in [-0.39, 0.29) is 17.4 Å². The van der Waals surface area contributed by atoms with Crippen molar-refractivity contribution >= 4 is 17.4 Å². The summed E-state index contributed by atoms with van der Waals surface area (Å²) in [6, 6.07) is 10.2. The zero-order valence-corrected chi connectivity index (χ0v) is 25.6. The normalized spacial score (nSPS) is 21.6. The average Bonchev–Trinajstić information content (AvgIpc) is 3.51. The fraction of sp³-hybridized carbons (Fsp3) is 0.529. The predicted molar refractivity (Wildman–Crippen MR) is 164 cm³/mol. The van der Waals surface area contributed by atoms with Gasteiger partial charge in [0.25, 0.3) is 11.7 Å². The van der Waals surface area contributed by atoms with Gasteiger partial charge in [0.2, 0.25) is 0 Å². The second-order valence-electron chi connectivity index (χ2n) is 11.4. The molecule has 0 spiro atoms. The van der Waals surface area contributed by atoms with Crippen molar-refractivity contribution in [1.82, 2.24) is 9.80 Å². The molecule has 0 saturated carbocycles. The summed E-state index contributed by atoms with van der Waals surface area (Å²) in [4.78, 5) is 31.1. The van der Waals surface area contributed by atoms with Gasteiger partial charge in [-0.15, -0.1) is 0 Å². The first kappa shape index (κ1) is 30.9. The van der Waals surface area contributed by atoms with Crippen LogP contribution in [0.4, 0.5) is 0 Å². The third-order valence-corrected chi connectivity index (χ3v) is 8.28. The number of rotatable bonds is 13. The van der Waals surface area contributed by atoms with Gasteiger partial charge in [-0.05, 0) is 68.1 Å². The van der Waals surface area contributed by atoms with Crippen LogP contribution in [-0.4, -0.2) is 85.3 Å². The predicted octanol–water partition coefficient (Wildman–Crippen LogP) is 5.12. The maximum Gasteiger partial charge on any atom is 0.295 e. The van der Waals surface area contributed by atoms with Crippen LogP contribution in [0.3, 0.4) is 0 Å². The maximum atomic E-state index is 13.6. The molecular formula is C34H44N2O7. The van der Waals surface area contributed by atoms with Crippen LogP contribution in [0.15, 0.2) is 42.0 Å². The van der Waals surface area contributed by atoms with E-state index < -0.39 is 17.7 Å². The number of hydrogen-bond acceptors (Lipinski definition) is 8. The van der Waals surface area contributed by atoms with Gasteiger partial charge in [0.1, 0.15) is 17.6 Å². The summed E-state index contributed by atoms with van der Waals surface area (Å²) in [5.41, 5.74) is 2.24. The first-order valence-electron chi connectivity index (χ1n) is 15.7. The molecule has 2 saturated heterocycles. The van der Waals surface area contributed by atoms with Crippen LogP contribution < -0.4 is 14.2 Å². The number of benzene rings is 2. The summed E-state index contributed by atoms with van der Waals surface area (Å²) in [5, 5.41) is 11.6. The average molecular weight is 593 g/mol. The molecule has 232 valence electrons. The number of hydrogen-bond donors (Lipinski definition) is 1. The molecule has 43 heavy (non-hydrogen) atoms. The Labute approximate surface area is 254 Å². The Hall–Kier alpha value is -3.56. The van der Waals surface area contributed by atoms with E-state index in [4.69, 9.17) is 18.9 Å². The summed E-state index contributed by atoms with van der Waals surface area (Å²) in [5.74, 6) is 0.485. The Balaban J connectivity index is 1.49. The number of fused-ring (bicyclic) bond motifs is 1. The number of amides is 1. The molecule has 2 atom stereocenters. The van der Waals surface area contributed by atoms with Crippen molar-refractivity contribution in [2.75, 3.05) is 52.6 Å². The second kappa shape index (κ2) is 14.3. The van der Waals surface area contributed by atoms with E-state index in [9.17, 15) is 14.7 Å². The van der Waals surface area contributed by atoms with Crippen molar-refractivity contribution in [3.05, 3.63) is 58.7 Å². The van der Waals surface area contributed by atoms with Crippen LogP contribution in [-0.2, 0) is 20.7 Å². The number of aliphatic hydroxyl groups is 1. The Kier molecular flexibility index (Phi) is 10.3. The fourth-order valence-electron chi connectivity index (χ4n) is 6.09. The molecule has 5 rings (SSSR count). The summed E-state index contributed by atoms with van der Waals surface area (Å²) < 4.78 is 23.3. The van der Waals surface area contributed by atoms with Crippen LogP contribution in [0.1, 0.15) is 69.2 Å². The van der Waals surface area contributed by atoms with Gasteiger partial charge in [0.15, 0.2) is 11.5 Å². The molecule has 0 aliphatic carbocycles. The molecule has 0 radical (unpaired) electrons. The smallest absolute Gasteiger partial charge is 0.295 e. The number of nitrogens with zero attached hydrogens (tertiary/aromatic N) is 2. The molecule has 1 amide bonds. The Morgan fingerprint density at radius 3 is 2.56 bits per heavy atom. The molecule has 9 heteroatoms. The molecule has 2 aromatic rings. The number of Topliss-reactive ketones (excluding diaryl/α,β-unsaturated/α-hetero) is 1. The van der Waals surface area contributed by atoms with Gasteiger partial charge < -0.3 is 29.0 Å². The monoisotopic (exact) mass is 592 g/mol. The van der Waals surface area contributed by atoms with Gasteiger partial charge >= 0.3 is 0 Å². The van der Waals surface area contributed by atoms with Crippen LogP contribution >= 0.6 is 0 Å². The zero-order valence-electron chi connectivity index (χ0n) is 25.6. The van der Waals surface area contributed by atoms with E-state index >= 15 is 0 Å². The lowest BCUT2D eigenvalue weighted by Gasteiger charge is -2.29. The van der Waals surface area contributed by atoms with Crippen molar-refractivity contribution in [2.45, 2.75) is 65.0 Å². The zero-order chi connectivity index (χ0) is 30.3. The van der Waals surface area contributed by atoms with E-state index in [0.29, 0.717) is 68.4 Å². The van der Waals surface area contributed by atoms with Gasteiger partial charge in [-0.3, -0.25) is 14.5 Å². The number of aliphatic hydroxyl groups excluding tert-OH is 1. The van der Waals surface area contributed by atoms with Gasteiger partial charge in [0, 0.05) is 38.2 Å². The minimum absolute atomic E-state index is 0.0455. The summed E-state index contributed by atoms with van der Waals surface area (Å²) in [6.07, 6.45) is 4.57. The lowest BCUT2D eigenvalue weighted by Crippen LogP contribution is -2.39. The Morgan fingerprint density at radius 2 is 1.79 bits per heavy atom. The number of ether oxygens (including phenoxy) is 4. The number of likely N-dealkylation sites (tertiary alicyclic amines) is 1. The lowest BCUT2D eigenvalue weighted by molar-refractivity contribution is -0.140. The van der Waals surface area contributed by atoms with Crippen LogP contribution in [0.25, 0.3) is 5.76 Å². The molecule has 3 aliphatic rings. The highest BCUT2D eigenvalue weighted by molar-refractivity contribution is 6.46. The second-order valence-corrected chi connectivity index (χ2v) is 11.4. The number of carbonyl (C=O) groups is 2. The van der Waals surface area contributed by atoms with E-state index in [1.807, 2.05) is 44.2 Å². The van der Waals surface area contributed by atoms with Crippen LogP contribution in [0.5, 0.6) is 17.2 Å². The first-order chi connectivity index (χ1) is 20.9. The highest BCUT2D eigenvalue weighted by atomic mass is 16.5. The Bertz CT molecular complexity index is 1330. The third kappa shape index (κ3) is 6.99. The molecule has 9 nitrogen and oxygen atoms in total. The van der Waals surface area contributed by atoms with Crippen LogP contribution in [0.2, 0.25) is 0 Å². The lowest BCUT2D eigenvalue weighted by atomic mass is 9.94. The molecule has 1 N–H and O–H groups in total. The van der Waals surface area contributed by atoms with Gasteiger partial charge in [0.05, 0.1) is 38.0 Å². The molecule has 0 unspecified atom stereocenters. The van der Waals surface area contributed by atoms with Gasteiger partial charge in [-0.1, -0.05) is 25.8 Å². The van der Waals surface area contributed by atoms with E-state index in [2.05, 4.69) is 11.8 Å². The highest BCUT2D eigenvalue weighted by Gasteiger charge is 2.46. The van der Waals surface area contributed by atoms with Crippen molar-refractivity contribution in [3.63, 3.8) is 0 Å². The molecule has 2 aromatic carbocycles. The quantitative estimate of drug-likeness (QED) is 0.148. The van der Waals surface area contributed by atoms with E-state index in [1.54, 1.807) is 11.0 Å². The molecular weight excluding hydrogens is 548 g/mol. The van der Waals surface area contributed by atoms with Crippen LogP contribution in [0, 0.1) is 0 Å². The largest absolute Gasteiger partial charge is 0.507 e. The summed E-state index contributed by atoms with van der Waals surface area (Å²) in [7, 11) is 0. The van der Waals surface area contributed by atoms with Crippen molar-refractivity contribution in [3.8, 4) is 17.2 Å². The molecule has 2 fully saturated rings. The van der Waals surface area contributed by atoms with Gasteiger partial charge in [-0.25, -0.2) is 0 Å². The molecule has 0 bridgehead atoms. The van der Waals surface area contributed by atoms with Crippen molar-refractivity contribution in [1.29, 1.82) is 0 Å². The van der Waals surface area contributed by atoms with Gasteiger partial charge in [-0.2, -0.15) is 0 Å². The maximum absolute atomic E-state index is 13.6. The number of unbranched alkanes of at least 4 members (excludes halogenated alkanes) is 2. The van der Waals surface area contributed by atoms with Crippen molar-refractivity contribution in [2.24, 2.45) is 0 Å². The molecule has 3 heterocycles. The standard InChI is InChI=1S/C34H44N2O7/c1-4-6-7-17-42-28-12-9-24(22-29(28)41-5-2)31-30(32(37)25-10-11-27-26(21-25)20-23(3)43-27)33(38)34(39)36(31)14-8-13-35-15-18-40-19-16-35/h9-12,21-23,31,37H,4-8,13-20H2,1-3H3/t23-,31-/m0/s1. The van der Waals surface area contributed by atoms with E-state index in [1.165, 1.54) is 0 Å². The summed E-state index contributed by atoms with van der Waals surface area (Å²) >= 11 is 0. The first-order valence-corrected chi connectivity index (χ1v) is 15.7. The van der Waals surface area contributed by atoms with E-state index in [0.717, 1.165) is 50.2 Å². The highest BCUT2D eigenvalue weighted by Crippen LogP contribution is 2.43. The molecule has 3 aliphatic heterocycles. The SMILES string of the molecule is CCCCCOc1ccc([C@H]2C(=C(O)c3ccc4c(c3)C[C@H](C)O4)C(=O)C(=O)N2CCCN2CCOCC2)cc1OCC. The minimum atomic E-state index is -0.763. The number of ketones is 1. The fourth-order valence-corrected chi connectivity index (χ4v) is 6.09. The minimum Gasteiger partial charge on any atom is -0.507 e. The number of morpholine rings is 1. The number of carbonyl (C=O) groups excluding carboxylic acids is 2. The van der Waals surface area contributed by atoms with Crippen molar-refractivity contribution < 1.29 is 33.6 Å². The third-order valence-electron chi connectivity index (χ3n) is 8.28. The summed E-state index contributed by atoms with van der Waals surface area (Å²) in [6.45, 7) is 11.3.